The lowest BCUT2D eigenvalue weighted by molar-refractivity contribution is -0.146. The van der Waals surface area contributed by atoms with Crippen molar-refractivity contribution < 1.29 is 23.5 Å². The summed E-state index contributed by atoms with van der Waals surface area (Å²) in [5.74, 6) is -0.834. The van der Waals surface area contributed by atoms with Crippen LogP contribution in [0, 0.1) is 0 Å². The monoisotopic (exact) mass is 379 g/mol. The third-order valence-electron chi connectivity index (χ3n) is 4.31. The largest absolute Gasteiger partial charge is 0.456 e. The molecule has 2 heterocycles. The summed E-state index contributed by atoms with van der Waals surface area (Å²) in [6, 6.07) is 14.3. The van der Waals surface area contributed by atoms with E-state index in [1.54, 1.807) is 36.4 Å². The average Bonchev–Trinajstić information content (AvgIpc) is 3.12. The maximum absolute atomic E-state index is 12.5. The summed E-state index contributed by atoms with van der Waals surface area (Å²) in [5, 5.41) is 2.72. The number of nitrogens with one attached hydrogen (secondary N) is 1. The standard InChI is InChI=1S/C20H17N3O5/c24-17-11-23(15-7-3-1-5-13(15)21-17)19(25)9-10-20(26)27-12-18-22-14-6-2-4-8-16(14)28-18/h1-8H,9-12H2,(H,21,24). The molecule has 2 amide bonds. The number of para-hydroxylation sites is 4. The molecular formula is C20H17N3O5. The fraction of sp³-hybridized carbons (Fsp3) is 0.200. The van der Waals surface area contributed by atoms with Gasteiger partial charge in [0, 0.05) is 6.42 Å². The fourth-order valence-electron chi connectivity index (χ4n) is 3.00. The van der Waals surface area contributed by atoms with E-state index in [9.17, 15) is 14.4 Å². The van der Waals surface area contributed by atoms with Gasteiger partial charge in [-0.25, -0.2) is 4.98 Å². The van der Waals surface area contributed by atoms with Gasteiger partial charge in [-0.2, -0.15) is 0 Å². The van der Waals surface area contributed by atoms with Crippen molar-refractivity contribution >= 4 is 40.3 Å². The summed E-state index contributed by atoms with van der Waals surface area (Å²) in [6.45, 7) is -0.176. The van der Waals surface area contributed by atoms with Crippen molar-refractivity contribution in [2.45, 2.75) is 19.4 Å². The molecule has 2 aromatic carbocycles. The molecule has 1 aromatic heterocycles. The van der Waals surface area contributed by atoms with Crippen molar-refractivity contribution in [2.75, 3.05) is 16.8 Å². The number of amides is 2. The van der Waals surface area contributed by atoms with Gasteiger partial charge in [-0.3, -0.25) is 14.4 Å². The molecule has 3 aromatic rings. The van der Waals surface area contributed by atoms with Crippen LogP contribution in [0.5, 0.6) is 0 Å². The number of hydrogen-bond acceptors (Lipinski definition) is 6. The summed E-state index contributed by atoms with van der Waals surface area (Å²) >= 11 is 0. The van der Waals surface area contributed by atoms with Crippen LogP contribution in [0.1, 0.15) is 18.7 Å². The van der Waals surface area contributed by atoms with Gasteiger partial charge in [-0.15, -0.1) is 0 Å². The Labute approximate surface area is 160 Å². The number of carbonyl (C=O) groups is 3. The molecule has 0 fully saturated rings. The number of oxazole rings is 1. The Morgan fingerprint density at radius 1 is 1.11 bits per heavy atom. The molecule has 0 atom stereocenters. The summed E-state index contributed by atoms with van der Waals surface area (Å²) in [7, 11) is 0. The van der Waals surface area contributed by atoms with Crippen LogP contribution >= 0.6 is 0 Å². The van der Waals surface area contributed by atoms with Gasteiger partial charge in [-0.1, -0.05) is 24.3 Å². The van der Waals surface area contributed by atoms with Gasteiger partial charge in [0.2, 0.25) is 17.7 Å². The Morgan fingerprint density at radius 2 is 1.89 bits per heavy atom. The number of ether oxygens (including phenoxy) is 1. The van der Waals surface area contributed by atoms with Crippen molar-refractivity contribution in [1.29, 1.82) is 0 Å². The van der Waals surface area contributed by atoms with Crippen molar-refractivity contribution in [3.8, 4) is 0 Å². The van der Waals surface area contributed by atoms with E-state index in [-0.39, 0.29) is 37.8 Å². The second kappa shape index (κ2) is 7.51. The Bertz CT molecular complexity index is 1030. The molecule has 1 aliphatic rings. The first kappa shape index (κ1) is 17.7. The first-order chi connectivity index (χ1) is 13.6. The zero-order valence-corrected chi connectivity index (χ0v) is 14.9. The highest BCUT2D eigenvalue weighted by Crippen LogP contribution is 2.29. The highest BCUT2D eigenvalue weighted by atomic mass is 16.5. The zero-order valence-electron chi connectivity index (χ0n) is 14.9. The van der Waals surface area contributed by atoms with Crippen molar-refractivity contribution in [3.05, 3.63) is 54.4 Å². The lowest BCUT2D eigenvalue weighted by Gasteiger charge is -2.29. The van der Waals surface area contributed by atoms with E-state index < -0.39 is 5.97 Å². The van der Waals surface area contributed by atoms with Crippen LogP contribution in [-0.4, -0.2) is 29.3 Å². The molecular weight excluding hydrogens is 362 g/mol. The molecule has 0 saturated carbocycles. The molecule has 0 bridgehead atoms. The van der Waals surface area contributed by atoms with Gasteiger partial charge in [0.05, 0.1) is 17.8 Å². The van der Waals surface area contributed by atoms with Gasteiger partial charge >= 0.3 is 5.97 Å². The Hall–Kier alpha value is -3.68. The minimum Gasteiger partial charge on any atom is -0.456 e. The lowest BCUT2D eigenvalue weighted by atomic mass is 10.1. The molecule has 28 heavy (non-hydrogen) atoms. The molecule has 0 unspecified atom stereocenters. The van der Waals surface area contributed by atoms with Crippen LogP contribution in [0.15, 0.2) is 52.9 Å². The number of rotatable bonds is 5. The SMILES string of the molecule is O=C1CN(C(=O)CCC(=O)OCc2nc3ccccc3o2)c2ccccc2N1. The van der Waals surface area contributed by atoms with E-state index >= 15 is 0 Å². The molecule has 8 heteroatoms. The lowest BCUT2D eigenvalue weighted by Crippen LogP contribution is -2.42. The third-order valence-corrected chi connectivity index (χ3v) is 4.31. The predicted molar refractivity (Wildman–Crippen MR) is 100 cm³/mol. The summed E-state index contributed by atoms with van der Waals surface area (Å²) in [5.41, 5.74) is 2.49. The normalized spacial score (nSPS) is 13.1. The number of aromatic nitrogens is 1. The second-order valence-electron chi connectivity index (χ2n) is 6.28. The molecule has 1 N–H and O–H groups in total. The molecule has 4 rings (SSSR count). The van der Waals surface area contributed by atoms with Gasteiger partial charge in [-0.05, 0) is 24.3 Å². The minimum absolute atomic E-state index is 0.0615. The predicted octanol–water partition coefficient (Wildman–Crippen LogP) is 2.64. The van der Waals surface area contributed by atoms with E-state index in [1.807, 2.05) is 12.1 Å². The molecule has 1 aliphatic heterocycles. The van der Waals surface area contributed by atoms with Crippen molar-refractivity contribution in [3.63, 3.8) is 0 Å². The van der Waals surface area contributed by atoms with Gasteiger partial charge in [0.1, 0.15) is 12.1 Å². The third kappa shape index (κ3) is 3.71. The highest BCUT2D eigenvalue weighted by molar-refractivity contribution is 6.10. The van der Waals surface area contributed by atoms with Gasteiger partial charge in [0.15, 0.2) is 12.2 Å². The van der Waals surface area contributed by atoms with Crippen LogP contribution in [0.2, 0.25) is 0 Å². The smallest absolute Gasteiger partial charge is 0.306 e. The van der Waals surface area contributed by atoms with E-state index in [4.69, 9.17) is 9.15 Å². The summed E-state index contributed by atoms with van der Waals surface area (Å²) < 4.78 is 10.6. The number of esters is 1. The number of anilines is 2. The maximum Gasteiger partial charge on any atom is 0.306 e. The number of hydrogen-bond donors (Lipinski definition) is 1. The first-order valence-corrected chi connectivity index (χ1v) is 8.79. The molecule has 0 aliphatic carbocycles. The summed E-state index contributed by atoms with van der Waals surface area (Å²) in [4.78, 5) is 41.9. The number of fused-ring (bicyclic) bond motifs is 2. The van der Waals surface area contributed by atoms with Gasteiger partial charge in [0.25, 0.3) is 0 Å². The van der Waals surface area contributed by atoms with Gasteiger partial charge < -0.3 is 19.4 Å². The summed E-state index contributed by atoms with van der Waals surface area (Å²) in [6.07, 6.45) is -0.159. The molecule has 0 radical (unpaired) electrons. The van der Waals surface area contributed by atoms with Crippen LogP contribution < -0.4 is 10.2 Å². The van der Waals surface area contributed by atoms with E-state index in [0.29, 0.717) is 28.4 Å². The highest BCUT2D eigenvalue weighted by Gasteiger charge is 2.26. The first-order valence-electron chi connectivity index (χ1n) is 8.79. The van der Waals surface area contributed by atoms with Crippen LogP contribution in [0.25, 0.3) is 11.1 Å². The van der Waals surface area contributed by atoms with E-state index in [1.165, 1.54) is 4.90 Å². The number of carbonyl (C=O) groups excluding carboxylic acids is 3. The zero-order chi connectivity index (χ0) is 19.5. The molecule has 8 nitrogen and oxygen atoms in total. The molecule has 0 saturated heterocycles. The van der Waals surface area contributed by atoms with Crippen LogP contribution in [0.3, 0.4) is 0 Å². The quantitative estimate of drug-likeness (QED) is 0.684. The van der Waals surface area contributed by atoms with Crippen molar-refractivity contribution in [1.82, 2.24) is 4.98 Å². The Balaban J connectivity index is 1.32. The van der Waals surface area contributed by atoms with Crippen LogP contribution in [0.4, 0.5) is 11.4 Å². The van der Waals surface area contributed by atoms with Crippen LogP contribution in [-0.2, 0) is 25.7 Å². The topological polar surface area (TPSA) is 102 Å². The Kier molecular flexibility index (Phi) is 4.76. The van der Waals surface area contributed by atoms with Crippen molar-refractivity contribution in [2.24, 2.45) is 0 Å². The Morgan fingerprint density at radius 3 is 2.75 bits per heavy atom. The fourth-order valence-corrected chi connectivity index (χ4v) is 3.00. The number of nitrogens with zero attached hydrogens (tertiary/aromatic N) is 2. The van der Waals surface area contributed by atoms with E-state index in [2.05, 4.69) is 10.3 Å². The minimum atomic E-state index is -0.537. The average molecular weight is 379 g/mol. The molecule has 142 valence electrons. The van der Waals surface area contributed by atoms with E-state index in [0.717, 1.165) is 0 Å². The number of benzene rings is 2. The maximum atomic E-state index is 12.5. The molecule has 0 spiro atoms. The second-order valence-corrected chi connectivity index (χ2v) is 6.28.